The van der Waals surface area contributed by atoms with Crippen molar-refractivity contribution in [3.63, 3.8) is 0 Å². The monoisotopic (exact) mass is 264 g/mol. The van der Waals surface area contributed by atoms with Crippen molar-refractivity contribution in [3.05, 3.63) is 22.2 Å². The molecule has 0 aromatic carbocycles. The number of aromatic nitrogens is 1. The van der Waals surface area contributed by atoms with Gasteiger partial charge in [-0.05, 0) is 37.2 Å². The maximum Gasteiger partial charge on any atom is 0.311 e. The Labute approximate surface area is 112 Å². The third kappa shape index (κ3) is 3.13. The Morgan fingerprint density at radius 3 is 2.79 bits per heavy atom. The first-order valence-electron chi connectivity index (χ1n) is 6.65. The SMILES string of the molecule is CC1CCC(Nc2nc(N)ccc2[N+](=O)[O-])C(C)C1. The van der Waals surface area contributed by atoms with Gasteiger partial charge in [0.1, 0.15) is 5.82 Å². The van der Waals surface area contributed by atoms with Crippen LogP contribution in [-0.4, -0.2) is 15.9 Å². The molecule has 3 atom stereocenters. The molecule has 1 aromatic heterocycles. The number of nitrogens with one attached hydrogen (secondary N) is 1. The Balaban J connectivity index is 2.18. The molecule has 1 aliphatic rings. The lowest BCUT2D eigenvalue weighted by atomic mass is 9.80. The summed E-state index contributed by atoms with van der Waals surface area (Å²) in [5, 5.41) is 14.2. The number of nitro groups is 1. The lowest BCUT2D eigenvalue weighted by Gasteiger charge is -2.33. The van der Waals surface area contributed by atoms with Gasteiger partial charge in [0.25, 0.3) is 0 Å². The summed E-state index contributed by atoms with van der Waals surface area (Å²) in [5.41, 5.74) is 5.60. The molecule has 6 nitrogen and oxygen atoms in total. The van der Waals surface area contributed by atoms with Crippen molar-refractivity contribution in [1.29, 1.82) is 0 Å². The molecule has 3 N–H and O–H groups in total. The van der Waals surface area contributed by atoms with Crippen LogP contribution in [-0.2, 0) is 0 Å². The van der Waals surface area contributed by atoms with E-state index in [1.165, 1.54) is 12.1 Å². The van der Waals surface area contributed by atoms with Gasteiger partial charge in [0.05, 0.1) is 4.92 Å². The number of nitrogen functional groups attached to an aromatic ring is 1. The van der Waals surface area contributed by atoms with Gasteiger partial charge < -0.3 is 11.1 Å². The summed E-state index contributed by atoms with van der Waals surface area (Å²) in [4.78, 5) is 14.6. The minimum absolute atomic E-state index is 0.0139. The van der Waals surface area contributed by atoms with Crippen molar-refractivity contribution >= 4 is 17.3 Å². The van der Waals surface area contributed by atoms with Gasteiger partial charge in [-0.25, -0.2) is 4.98 Å². The van der Waals surface area contributed by atoms with Crippen LogP contribution in [0.4, 0.5) is 17.3 Å². The highest BCUT2D eigenvalue weighted by atomic mass is 16.6. The molecule has 0 radical (unpaired) electrons. The molecular formula is C13H20N4O2. The number of anilines is 2. The largest absolute Gasteiger partial charge is 0.384 e. The fraction of sp³-hybridized carbons (Fsp3) is 0.615. The van der Waals surface area contributed by atoms with Crippen molar-refractivity contribution < 1.29 is 4.92 Å². The average Bonchev–Trinajstić information content (AvgIpc) is 2.32. The summed E-state index contributed by atoms with van der Waals surface area (Å²) >= 11 is 0. The van der Waals surface area contributed by atoms with Crippen LogP contribution in [0.5, 0.6) is 0 Å². The first-order valence-corrected chi connectivity index (χ1v) is 6.65. The van der Waals surface area contributed by atoms with E-state index in [0.717, 1.165) is 25.2 Å². The number of hydrogen-bond donors (Lipinski definition) is 2. The van der Waals surface area contributed by atoms with E-state index in [4.69, 9.17) is 5.73 Å². The van der Waals surface area contributed by atoms with Crippen molar-refractivity contribution in [2.24, 2.45) is 11.8 Å². The zero-order valence-electron chi connectivity index (χ0n) is 11.3. The molecule has 6 heteroatoms. The number of hydrogen-bond acceptors (Lipinski definition) is 5. The van der Waals surface area contributed by atoms with E-state index in [9.17, 15) is 10.1 Å². The van der Waals surface area contributed by atoms with E-state index in [1.54, 1.807) is 0 Å². The van der Waals surface area contributed by atoms with Crippen LogP contribution in [0.15, 0.2) is 12.1 Å². The van der Waals surface area contributed by atoms with Crippen LogP contribution in [0, 0.1) is 22.0 Å². The number of pyridine rings is 1. The minimum Gasteiger partial charge on any atom is -0.384 e. The van der Waals surface area contributed by atoms with Gasteiger partial charge in [-0.2, -0.15) is 0 Å². The summed E-state index contributed by atoms with van der Waals surface area (Å²) in [5.74, 6) is 1.78. The zero-order chi connectivity index (χ0) is 14.0. The van der Waals surface area contributed by atoms with E-state index in [0.29, 0.717) is 11.7 Å². The molecule has 3 unspecified atom stereocenters. The fourth-order valence-electron chi connectivity index (χ4n) is 2.78. The van der Waals surface area contributed by atoms with Gasteiger partial charge in [0.15, 0.2) is 0 Å². The van der Waals surface area contributed by atoms with Gasteiger partial charge >= 0.3 is 5.69 Å². The van der Waals surface area contributed by atoms with E-state index in [2.05, 4.69) is 24.1 Å². The smallest absolute Gasteiger partial charge is 0.311 e. The quantitative estimate of drug-likeness (QED) is 0.646. The molecule has 2 rings (SSSR count). The number of nitrogens with zero attached hydrogens (tertiary/aromatic N) is 2. The Kier molecular flexibility index (Phi) is 3.87. The first-order chi connectivity index (χ1) is 8.97. The summed E-state index contributed by atoms with van der Waals surface area (Å²) < 4.78 is 0. The molecule has 1 aromatic rings. The van der Waals surface area contributed by atoms with Gasteiger partial charge in [-0.1, -0.05) is 13.8 Å². The van der Waals surface area contributed by atoms with Gasteiger partial charge in [-0.3, -0.25) is 10.1 Å². The highest BCUT2D eigenvalue weighted by Gasteiger charge is 2.27. The van der Waals surface area contributed by atoms with Crippen molar-refractivity contribution in [2.45, 2.75) is 39.2 Å². The number of nitrogens with two attached hydrogens (primary N) is 1. The van der Waals surface area contributed by atoms with Crippen molar-refractivity contribution in [2.75, 3.05) is 11.1 Å². The van der Waals surface area contributed by atoms with Crippen LogP contribution in [0.3, 0.4) is 0 Å². The molecule has 0 amide bonds. The Hall–Kier alpha value is -1.85. The standard InChI is InChI=1S/C13H20N4O2/c1-8-3-4-10(9(2)7-8)15-13-11(17(18)19)5-6-12(14)16-13/h5-6,8-10H,3-4,7H2,1-2H3,(H3,14,15,16). The van der Waals surface area contributed by atoms with Crippen LogP contribution < -0.4 is 11.1 Å². The third-order valence-corrected chi connectivity index (χ3v) is 3.85. The first kappa shape index (κ1) is 13.6. The van der Waals surface area contributed by atoms with E-state index < -0.39 is 4.92 Å². The molecule has 1 saturated carbocycles. The molecule has 104 valence electrons. The van der Waals surface area contributed by atoms with E-state index in [1.807, 2.05) is 0 Å². The highest BCUT2D eigenvalue weighted by molar-refractivity contribution is 5.59. The fourth-order valence-corrected chi connectivity index (χ4v) is 2.78. The van der Waals surface area contributed by atoms with Crippen LogP contribution in [0.25, 0.3) is 0 Å². The lowest BCUT2D eigenvalue weighted by molar-refractivity contribution is -0.384. The maximum atomic E-state index is 11.0. The Morgan fingerprint density at radius 1 is 1.42 bits per heavy atom. The van der Waals surface area contributed by atoms with E-state index >= 15 is 0 Å². The minimum atomic E-state index is -0.426. The molecule has 1 fully saturated rings. The average molecular weight is 264 g/mol. The Morgan fingerprint density at radius 2 is 2.16 bits per heavy atom. The van der Waals surface area contributed by atoms with Crippen LogP contribution in [0.1, 0.15) is 33.1 Å². The normalized spacial score (nSPS) is 26.9. The predicted octanol–water partition coefficient (Wildman–Crippen LogP) is 2.81. The topological polar surface area (TPSA) is 94.1 Å². The molecule has 0 aliphatic heterocycles. The van der Waals surface area contributed by atoms with Crippen molar-refractivity contribution in [3.8, 4) is 0 Å². The maximum absolute atomic E-state index is 11.0. The molecule has 19 heavy (non-hydrogen) atoms. The molecule has 1 heterocycles. The summed E-state index contributed by atoms with van der Waals surface area (Å²) in [6, 6.07) is 3.08. The third-order valence-electron chi connectivity index (χ3n) is 3.85. The second-order valence-corrected chi connectivity index (χ2v) is 5.51. The second kappa shape index (κ2) is 5.42. The molecule has 0 spiro atoms. The van der Waals surface area contributed by atoms with Crippen LogP contribution >= 0.6 is 0 Å². The summed E-state index contributed by atoms with van der Waals surface area (Å²) in [6.07, 6.45) is 3.28. The molecule has 0 bridgehead atoms. The summed E-state index contributed by atoms with van der Waals surface area (Å²) in [6.45, 7) is 4.42. The highest BCUT2D eigenvalue weighted by Crippen LogP contribution is 2.32. The molecule has 0 saturated heterocycles. The van der Waals surface area contributed by atoms with Crippen LogP contribution in [0.2, 0.25) is 0 Å². The van der Waals surface area contributed by atoms with E-state index in [-0.39, 0.29) is 17.5 Å². The summed E-state index contributed by atoms with van der Waals surface area (Å²) in [7, 11) is 0. The van der Waals surface area contributed by atoms with Gasteiger partial charge in [0, 0.05) is 12.1 Å². The van der Waals surface area contributed by atoms with Crippen molar-refractivity contribution in [1.82, 2.24) is 4.98 Å². The second-order valence-electron chi connectivity index (χ2n) is 5.51. The van der Waals surface area contributed by atoms with Gasteiger partial charge in [0.2, 0.25) is 5.82 Å². The Bertz CT molecular complexity index is 478. The number of rotatable bonds is 3. The predicted molar refractivity (Wildman–Crippen MR) is 74.9 cm³/mol. The molecule has 1 aliphatic carbocycles. The zero-order valence-corrected chi connectivity index (χ0v) is 11.3. The van der Waals surface area contributed by atoms with Gasteiger partial charge in [-0.15, -0.1) is 0 Å². The molecular weight excluding hydrogens is 244 g/mol. The lowest BCUT2D eigenvalue weighted by Crippen LogP contribution is -2.33.